The van der Waals surface area contributed by atoms with Crippen molar-refractivity contribution in [2.24, 2.45) is 11.8 Å². The van der Waals surface area contributed by atoms with Crippen molar-refractivity contribution in [3.05, 3.63) is 36.5 Å². The molecule has 0 heterocycles. The van der Waals surface area contributed by atoms with Gasteiger partial charge < -0.3 is 0 Å². The zero-order valence-electron chi connectivity index (χ0n) is 13.2. The molecule has 0 amide bonds. The van der Waals surface area contributed by atoms with E-state index in [1.54, 1.807) is 0 Å². The third-order valence-electron chi connectivity index (χ3n) is 3.78. The van der Waals surface area contributed by atoms with Crippen LogP contribution >= 0.6 is 0 Å². The lowest BCUT2D eigenvalue weighted by atomic mass is 9.85. The molecule has 1 aliphatic rings. The van der Waals surface area contributed by atoms with E-state index >= 15 is 0 Å². The van der Waals surface area contributed by atoms with E-state index in [4.69, 9.17) is 15.9 Å². The lowest BCUT2D eigenvalue weighted by molar-refractivity contribution is -0.359. The number of allylic oxidation sites excluding steroid dienone is 5. The summed E-state index contributed by atoms with van der Waals surface area (Å²) in [5.74, 6) is 5.86. The molecule has 0 aliphatic heterocycles. The van der Waals surface area contributed by atoms with Gasteiger partial charge in [0.15, 0.2) is 0 Å². The molecule has 0 aromatic rings. The van der Waals surface area contributed by atoms with E-state index in [1.807, 2.05) is 30.4 Å². The minimum atomic E-state index is -0.174. The zero-order valence-corrected chi connectivity index (χ0v) is 13.2. The molecule has 0 aromatic heterocycles. The Labute approximate surface area is 128 Å². The molecule has 0 saturated heterocycles. The van der Waals surface area contributed by atoms with Crippen LogP contribution < -0.4 is 5.84 Å². The minimum absolute atomic E-state index is 0.174. The normalized spacial score (nSPS) is 19.4. The van der Waals surface area contributed by atoms with Gasteiger partial charge in [-0.2, -0.15) is 0 Å². The fraction of sp³-hybridized carbons (Fsp3) is 0.647. The topological polar surface area (TPSA) is 58.7 Å². The van der Waals surface area contributed by atoms with Crippen LogP contribution in [0, 0.1) is 5.92 Å². The summed E-state index contributed by atoms with van der Waals surface area (Å²) >= 11 is 0. The summed E-state index contributed by atoms with van der Waals surface area (Å²) in [6.45, 7) is 2.16. The van der Waals surface area contributed by atoms with Crippen LogP contribution in [0.15, 0.2) is 36.5 Å². The fourth-order valence-corrected chi connectivity index (χ4v) is 2.70. The van der Waals surface area contributed by atoms with Crippen LogP contribution in [0.25, 0.3) is 0 Å². The van der Waals surface area contributed by atoms with Gasteiger partial charge in [-0.05, 0) is 18.8 Å². The van der Waals surface area contributed by atoms with Crippen molar-refractivity contribution in [3.8, 4) is 0 Å². The molecule has 4 nitrogen and oxygen atoms in total. The molecule has 0 aromatic carbocycles. The van der Waals surface area contributed by atoms with Crippen LogP contribution in [0.3, 0.4) is 0 Å². The van der Waals surface area contributed by atoms with Gasteiger partial charge in [0.25, 0.3) is 0 Å². The summed E-state index contributed by atoms with van der Waals surface area (Å²) in [6, 6.07) is 0. The first kappa shape index (κ1) is 18.1. The van der Waals surface area contributed by atoms with E-state index in [1.165, 1.54) is 38.5 Å². The molecule has 1 unspecified atom stereocenters. The molecule has 1 fully saturated rings. The van der Waals surface area contributed by atoms with E-state index < -0.39 is 0 Å². The number of rotatable bonds is 9. The van der Waals surface area contributed by atoms with Crippen LogP contribution in [-0.2, 0) is 4.84 Å². The van der Waals surface area contributed by atoms with E-state index in [2.05, 4.69) is 13.0 Å². The first-order chi connectivity index (χ1) is 10.2. The summed E-state index contributed by atoms with van der Waals surface area (Å²) in [5, 5.41) is 9.40. The Morgan fingerprint density at radius 1 is 1.19 bits per heavy atom. The van der Waals surface area contributed by atoms with Crippen molar-refractivity contribution in [3.63, 3.8) is 0 Å². The van der Waals surface area contributed by atoms with Crippen molar-refractivity contribution in [1.82, 2.24) is 5.34 Å². The largest absolute Gasteiger partial charge is 0.276 e. The summed E-state index contributed by atoms with van der Waals surface area (Å²) in [4.78, 5) is 5.23. The van der Waals surface area contributed by atoms with Crippen LogP contribution in [-0.4, -0.2) is 16.6 Å². The van der Waals surface area contributed by atoms with Gasteiger partial charge in [-0.1, -0.05) is 81.9 Å². The van der Waals surface area contributed by atoms with Crippen LogP contribution in [0.4, 0.5) is 0 Å². The van der Waals surface area contributed by atoms with Gasteiger partial charge in [0, 0.05) is 5.34 Å². The molecule has 0 radical (unpaired) electrons. The van der Waals surface area contributed by atoms with Crippen molar-refractivity contribution < 1.29 is 10.0 Å². The lowest BCUT2D eigenvalue weighted by Gasteiger charge is -2.25. The SMILES string of the molecule is CCCC=CC=CC=CC(CC1CCCCC1)ON(N)O. The number of unbranched alkanes of at least 4 members (excludes halogenated alkanes) is 1. The number of hydrogen-bond acceptors (Lipinski definition) is 4. The molecule has 0 spiro atoms. The second kappa shape index (κ2) is 11.7. The predicted octanol–water partition coefficient (Wildman–Crippen LogP) is 4.29. The van der Waals surface area contributed by atoms with Crippen molar-refractivity contribution >= 4 is 0 Å². The first-order valence-corrected chi connectivity index (χ1v) is 8.12. The highest BCUT2D eigenvalue weighted by Crippen LogP contribution is 2.28. The Balaban J connectivity index is 2.40. The van der Waals surface area contributed by atoms with E-state index in [-0.39, 0.29) is 6.10 Å². The van der Waals surface area contributed by atoms with Crippen molar-refractivity contribution in [1.29, 1.82) is 0 Å². The summed E-state index contributed by atoms with van der Waals surface area (Å²) < 4.78 is 0. The number of nitrogens with zero attached hydrogens (tertiary/aromatic N) is 1. The fourth-order valence-electron chi connectivity index (χ4n) is 2.70. The molecular weight excluding hydrogens is 264 g/mol. The molecular formula is C17H30N2O2. The highest BCUT2D eigenvalue weighted by atomic mass is 16.9. The quantitative estimate of drug-likeness (QED) is 0.378. The molecule has 120 valence electrons. The van der Waals surface area contributed by atoms with E-state index in [9.17, 15) is 0 Å². The van der Waals surface area contributed by atoms with Crippen LogP contribution in [0.5, 0.6) is 0 Å². The maximum Gasteiger partial charge on any atom is 0.102 e. The monoisotopic (exact) mass is 294 g/mol. The Kier molecular flexibility index (Phi) is 10.1. The number of nitrogens with two attached hydrogens (primary N) is 1. The molecule has 21 heavy (non-hydrogen) atoms. The lowest BCUT2D eigenvalue weighted by Crippen LogP contribution is -2.33. The molecule has 4 heteroatoms. The van der Waals surface area contributed by atoms with Gasteiger partial charge in [0.1, 0.15) is 6.10 Å². The average molecular weight is 294 g/mol. The highest BCUT2D eigenvalue weighted by molar-refractivity contribution is 5.12. The Hall–Kier alpha value is -0.940. The van der Waals surface area contributed by atoms with Gasteiger partial charge in [-0.15, -0.1) is 0 Å². The smallest absolute Gasteiger partial charge is 0.102 e. The molecule has 3 N–H and O–H groups in total. The molecule has 1 saturated carbocycles. The maximum atomic E-state index is 9.08. The van der Waals surface area contributed by atoms with Gasteiger partial charge >= 0.3 is 0 Å². The Morgan fingerprint density at radius 3 is 2.57 bits per heavy atom. The predicted molar refractivity (Wildman–Crippen MR) is 86.2 cm³/mol. The molecule has 1 atom stereocenters. The zero-order chi connectivity index (χ0) is 15.3. The summed E-state index contributed by atoms with van der Waals surface area (Å²) in [6.07, 6.45) is 21.5. The van der Waals surface area contributed by atoms with Gasteiger partial charge in [0.2, 0.25) is 0 Å². The standard InChI is InChI=1S/C17H30N2O2/c1-2-3-4-5-6-7-11-14-17(21-19(18)20)15-16-12-9-8-10-13-16/h4-7,11,14,16-17,20H,2-3,8-10,12-13,15,18H2,1H3. The highest BCUT2D eigenvalue weighted by Gasteiger charge is 2.19. The van der Waals surface area contributed by atoms with Crippen molar-refractivity contribution in [2.75, 3.05) is 0 Å². The van der Waals surface area contributed by atoms with Gasteiger partial charge in [0.05, 0.1) is 0 Å². The molecule has 1 rings (SSSR count). The van der Waals surface area contributed by atoms with E-state index in [0.29, 0.717) is 11.3 Å². The second-order valence-corrected chi connectivity index (χ2v) is 5.67. The average Bonchev–Trinajstić information content (AvgIpc) is 2.46. The van der Waals surface area contributed by atoms with E-state index in [0.717, 1.165) is 12.8 Å². The molecule has 1 aliphatic carbocycles. The Morgan fingerprint density at radius 2 is 1.90 bits per heavy atom. The molecule has 0 bridgehead atoms. The number of hydrazine groups is 1. The Bertz CT molecular complexity index is 332. The third kappa shape index (κ3) is 9.58. The third-order valence-corrected chi connectivity index (χ3v) is 3.78. The summed E-state index contributed by atoms with van der Waals surface area (Å²) in [7, 11) is 0. The maximum absolute atomic E-state index is 9.08. The number of hydrogen-bond donors (Lipinski definition) is 2. The van der Waals surface area contributed by atoms with Crippen LogP contribution in [0.1, 0.15) is 58.3 Å². The van der Waals surface area contributed by atoms with Gasteiger partial charge in [-0.3, -0.25) is 10.0 Å². The van der Waals surface area contributed by atoms with Gasteiger partial charge in [-0.25, -0.2) is 5.84 Å². The van der Waals surface area contributed by atoms with Crippen LogP contribution in [0.2, 0.25) is 0 Å². The minimum Gasteiger partial charge on any atom is -0.276 e. The first-order valence-electron chi connectivity index (χ1n) is 8.12. The van der Waals surface area contributed by atoms with Crippen molar-refractivity contribution in [2.45, 2.75) is 64.4 Å². The second-order valence-electron chi connectivity index (χ2n) is 5.67. The summed E-state index contributed by atoms with van der Waals surface area (Å²) in [5.41, 5.74) is 0.